The molecule has 5 nitrogen and oxygen atoms in total. The van der Waals surface area contributed by atoms with Gasteiger partial charge in [-0.2, -0.15) is 0 Å². The minimum atomic E-state index is -2.57. The largest absolute Gasteiger partial charge is 0.783 e. The predicted molar refractivity (Wildman–Crippen MR) is 185 cm³/mol. The van der Waals surface area contributed by atoms with Crippen LogP contribution in [0, 0.1) is 0 Å². The van der Waals surface area contributed by atoms with Crippen LogP contribution in [0.3, 0.4) is 0 Å². The molecule has 2 aliphatic heterocycles. The molecule has 4 heterocycles. The zero-order chi connectivity index (χ0) is 30.1. The second-order valence-electron chi connectivity index (χ2n) is 12.2. The molecule has 2 aliphatic rings. The van der Waals surface area contributed by atoms with E-state index in [0.717, 1.165) is 82.6 Å². The van der Waals surface area contributed by atoms with Gasteiger partial charge in [0.2, 0.25) is 5.52 Å². The quantitative estimate of drug-likeness (QED) is 0.160. The number of aromatic nitrogens is 2. The van der Waals surface area contributed by atoms with Gasteiger partial charge in [0.15, 0.2) is 5.58 Å². The van der Waals surface area contributed by atoms with Crippen LogP contribution in [0.5, 0.6) is 11.5 Å². The molecule has 46 heavy (non-hydrogen) atoms. The molecule has 1 spiro atoms. The number of halogens is 1. The van der Waals surface area contributed by atoms with Crippen molar-refractivity contribution in [1.82, 2.24) is 4.48 Å². The van der Waals surface area contributed by atoms with Crippen LogP contribution in [0.4, 0.5) is 0 Å². The Morgan fingerprint density at radius 2 is 1.24 bits per heavy atom. The third kappa shape index (κ3) is 2.95. The van der Waals surface area contributed by atoms with Gasteiger partial charge in [-0.15, -0.1) is 0 Å². The van der Waals surface area contributed by atoms with Crippen molar-refractivity contribution in [3.63, 3.8) is 0 Å². The normalized spacial score (nSPS) is 14.3. The number of oxazole rings is 1. The van der Waals surface area contributed by atoms with Gasteiger partial charge in [0.1, 0.15) is 5.56 Å². The molecule has 0 N–H and O–H groups in total. The fourth-order valence-corrected chi connectivity index (χ4v) is 8.17. The van der Waals surface area contributed by atoms with Crippen LogP contribution in [0.25, 0.3) is 77.0 Å². The van der Waals surface area contributed by atoms with Crippen LogP contribution in [-0.4, -0.2) is 11.3 Å². The minimum absolute atomic E-state index is 0.670. The first-order valence-corrected chi connectivity index (χ1v) is 15.8. The highest BCUT2D eigenvalue weighted by atomic mass is 35.5. The van der Waals surface area contributed by atoms with Crippen LogP contribution in [-0.2, 0) is 0 Å². The third-order valence-electron chi connectivity index (χ3n) is 9.81. The highest BCUT2D eigenvalue weighted by Crippen LogP contribution is 2.51. The van der Waals surface area contributed by atoms with Crippen LogP contribution in [0.15, 0.2) is 138 Å². The summed E-state index contributed by atoms with van der Waals surface area (Å²) in [6.45, 7) is -2.57. The molecule has 2 aromatic heterocycles. The van der Waals surface area contributed by atoms with Gasteiger partial charge >= 0.3 is 12.7 Å². The van der Waals surface area contributed by atoms with Crippen molar-refractivity contribution in [2.45, 2.75) is 0 Å². The lowest BCUT2D eigenvalue weighted by molar-refractivity contribution is -0.539. The van der Waals surface area contributed by atoms with E-state index in [2.05, 4.69) is 112 Å². The fourth-order valence-electron chi connectivity index (χ4n) is 8.00. The summed E-state index contributed by atoms with van der Waals surface area (Å²) < 4.78 is 26.2. The number of benzene rings is 7. The summed E-state index contributed by atoms with van der Waals surface area (Å²) in [4.78, 5) is 0. The van der Waals surface area contributed by atoms with E-state index in [1.54, 1.807) is 0 Å². The average Bonchev–Trinajstić information content (AvgIpc) is 3.60. The monoisotopic (exact) mass is 612 g/mol. The first-order chi connectivity index (χ1) is 22.7. The Bertz CT molecular complexity index is 2710. The molecule has 0 unspecified atom stereocenters. The number of rotatable bonds is 0. The Morgan fingerprint density at radius 1 is 0.587 bits per heavy atom. The summed E-state index contributed by atoms with van der Waals surface area (Å²) in [5.41, 5.74) is 6.54. The molecule has 0 fully saturated rings. The molecule has 7 heteroatoms. The van der Waals surface area contributed by atoms with Crippen molar-refractivity contribution in [2.75, 3.05) is 0 Å². The number of hydrogen-bond donors (Lipinski definition) is 0. The highest BCUT2D eigenvalue weighted by Gasteiger charge is 2.60. The van der Waals surface area contributed by atoms with Crippen molar-refractivity contribution >= 4 is 72.9 Å². The number of hydrogen-bond acceptors (Lipinski definition) is 3. The molecule has 0 amide bonds. The van der Waals surface area contributed by atoms with E-state index in [9.17, 15) is 0 Å². The van der Waals surface area contributed by atoms with Crippen molar-refractivity contribution in [2.24, 2.45) is 0 Å². The second kappa shape index (κ2) is 8.50. The lowest BCUT2D eigenvalue weighted by Crippen LogP contribution is -2.78. The number of para-hydroxylation sites is 3. The van der Waals surface area contributed by atoms with Gasteiger partial charge < -0.3 is 18.2 Å². The van der Waals surface area contributed by atoms with Gasteiger partial charge in [-0.05, 0) is 64.0 Å². The molecule has 216 valence electrons. The maximum Gasteiger partial charge on any atom is 0.783 e. The number of fused-ring (bicyclic) bond motifs is 16. The van der Waals surface area contributed by atoms with E-state index in [4.69, 9.17) is 25.3 Å². The van der Waals surface area contributed by atoms with Crippen LogP contribution in [0.1, 0.15) is 0 Å². The summed E-state index contributed by atoms with van der Waals surface area (Å²) in [5, 5.41) is 7.21. The molecular weight excluding hydrogens is 591 g/mol. The minimum Gasteiger partial charge on any atom is -0.601 e. The third-order valence-corrected chi connectivity index (χ3v) is 10.0. The maximum absolute atomic E-state index is 7.53. The molecule has 0 aliphatic carbocycles. The Balaban J connectivity index is 1.38. The Hall–Kier alpha value is -5.72. The average molecular weight is 613 g/mol. The summed E-state index contributed by atoms with van der Waals surface area (Å²) >= 11 is 6.63. The molecule has 0 saturated carbocycles. The van der Waals surface area contributed by atoms with Gasteiger partial charge in [0.05, 0.1) is 11.5 Å². The molecule has 0 saturated heterocycles. The van der Waals surface area contributed by atoms with Gasteiger partial charge in [-0.3, -0.25) is 4.48 Å². The van der Waals surface area contributed by atoms with Crippen molar-refractivity contribution in [1.29, 1.82) is 0 Å². The summed E-state index contributed by atoms with van der Waals surface area (Å²) in [6.07, 6.45) is 0. The van der Waals surface area contributed by atoms with E-state index in [1.165, 1.54) is 0 Å². The zero-order valence-electron chi connectivity index (χ0n) is 24.3. The highest BCUT2D eigenvalue weighted by molar-refractivity contribution is 6.63. The molecule has 0 radical (unpaired) electrons. The summed E-state index contributed by atoms with van der Waals surface area (Å²) in [6, 6.07) is 45.8. The molecule has 11 rings (SSSR count). The predicted octanol–water partition coefficient (Wildman–Crippen LogP) is 9.74. The maximum atomic E-state index is 7.53. The van der Waals surface area contributed by atoms with Crippen LogP contribution >= 0.6 is 11.6 Å². The standard InChI is InChI=1S/C39H22BClN2O3/c41-25-18-19-31-30(22-25)28-12-7-13-29-38(28)42(31)40(43-32-14-5-6-15-33(32)44-39(29)43)45-34-20-16-23-8-1-3-10-26(23)36(34)37-27-11-4-2-9-24(27)17-21-35(37)46-40/h1-22H. The van der Waals surface area contributed by atoms with E-state index in [1.807, 2.05) is 30.3 Å². The van der Waals surface area contributed by atoms with Gasteiger partial charge in [0, 0.05) is 44.0 Å². The van der Waals surface area contributed by atoms with Gasteiger partial charge in [-0.25, -0.2) is 0 Å². The lowest BCUT2D eigenvalue weighted by atomic mass is 9.82. The molecule has 0 bridgehead atoms. The molecule has 7 aromatic carbocycles. The van der Waals surface area contributed by atoms with Gasteiger partial charge in [-0.1, -0.05) is 96.5 Å². The molecular formula is C39H22BClN2O3. The van der Waals surface area contributed by atoms with Crippen molar-refractivity contribution in [3.8, 4) is 34.1 Å². The van der Waals surface area contributed by atoms with E-state index < -0.39 is 6.82 Å². The van der Waals surface area contributed by atoms with E-state index in [-0.39, 0.29) is 0 Å². The lowest BCUT2D eigenvalue weighted by Gasteiger charge is -2.38. The molecule has 0 atom stereocenters. The zero-order valence-corrected chi connectivity index (χ0v) is 25.0. The Morgan fingerprint density at radius 3 is 1.98 bits per heavy atom. The number of nitrogens with zero attached hydrogens (tertiary/aromatic N) is 2. The second-order valence-corrected chi connectivity index (χ2v) is 12.6. The fraction of sp³-hybridized carbons (Fsp3) is 0. The first-order valence-electron chi connectivity index (χ1n) is 15.4. The first kappa shape index (κ1) is 24.6. The van der Waals surface area contributed by atoms with Crippen LogP contribution < -0.4 is 13.8 Å². The topological polar surface area (TPSA) is 40.4 Å². The van der Waals surface area contributed by atoms with E-state index in [0.29, 0.717) is 10.9 Å². The van der Waals surface area contributed by atoms with Gasteiger partial charge in [0.25, 0.3) is 0 Å². The SMILES string of the molecule is Clc1ccc2c(c1)c1cccc3c1n2[B-]1(Oc2ccc4ccccc4c2-c2c(ccc4ccccc24)O1)[n+]1c-3oc2ccccc21. The molecule has 9 aromatic rings. The Labute approximate surface area is 267 Å². The summed E-state index contributed by atoms with van der Waals surface area (Å²) in [7, 11) is 0. The van der Waals surface area contributed by atoms with Crippen LogP contribution in [0.2, 0.25) is 5.02 Å². The Kier molecular flexibility index (Phi) is 4.55. The van der Waals surface area contributed by atoms with Crippen molar-refractivity contribution in [3.05, 3.63) is 138 Å². The van der Waals surface area contributed by atoms with Crippen molar-refractivity contribution < 1.29 is 18.2 Å². The smallest absolute Gasteiger partial charge is 0.601 e. The summed E-state index contributed by atoms with van der Waals surface area (Å²) in [5.74, 6) is 2.15. The van der Waals surface area contributed by atoms with E-state index >= 15 is 0 Å².